The van der Waals surface area contributed by atoms with Crippen molar-refractivity contribution in [1.82, 2.24) is 4.90 Å². The maximum atomic E-state index is 13.9. The Balaban J connectivity index is 2.08. The molecule has 6 nitrogen and oxygen atoms in total. The average molecular weight is 501 g/mol. The lowest BCUT2D eigenvalue weighted by Crippen LogP contribution is -2.50. The number of nitrogens with zero attached hydrogens (tertiary/aromatic N) is 3. The van der Waals surface area contributed by atoms with Gasteiger partial charge in [0.25, 0.3) is 0 Å². The molecule has 0 unspecified atom stereocenters. The number of rotatable bonds is 7. The van der Waals surface area contributed by atoms with E-state index < -0.39 is 29.0 Å². The van der Waals surface area contributed by atoms with Crippen molar-refractivity contribution in [3.63, 3.8) is 0 Å². The summed E-state index contributed by atoms with van der Waals surface area (Å²) in [6, 6.07) is 10.2. The van der Waals surface area contributed by atoms with Crippen molar-refractivity contribution in [3.8, 4) is 6.07 Å². The van der Waals surface area contributed by atoms with E-state index in [1.54, 1.807) is 17.9 Å². The molecule has 0 aromatic heterocycles. The van der Waals surface area contributed by atoms with Crippen LogP contribution in [0.4, 0.5) is 24.5 Å². The number of aryl methyl sites for hydroxylation is 2. The molecule has 36 heavy (non-hydrogen) atoms. The minimum Gasteiger partial charge on any atom is -0.325 e. The standard InChI is InChI=1S/C27H31F3N4O2/c1-6-33(7-2)15-26(16-34(24(35)19(26)5)23-17(3)9-8-10-18(23)4)25(36)32-22-12-20(14-31)11-21(13-22)27(28,29)30/h8-13,19H,6-7,15-16H2,1-5H3,(H,32,36)/t19-,26-/m1/s1. The summed E-state index contributed by atoms with van der Waals surface area (Å²) < 4.78 is 40.2. The fourth-order valence-electron chi connectivity index (χ4n) is 4.94. The number of amides is 2. The van der Waals surface area contributed by atoms with Gasteiger partial charge in [0.1, 0.15) is 0 Å². The molecule has 192 valence electrons. The normalized spacial score (nSPS) is 20.1. The van der Waals surface area contributed by atoms with E-state index >= 15 is 0 Å². The van der Waals surface area contributed by atoms with Crippen molar-refractivity contribution >= 4 is 23.2 Å². The van der Waals surface area contributed by atoms with Gasteiger partial charge in [-0.3, -0.25) is 9.59 Å². The van der Waals surface area contributed by atoms with Gasteiger partial charge >= 0.3 is 6.18 Å². The van der Waals surface area contributed by atoms with Crippen LogP contribution in [0.2, 0.25) is 0 Å². The molecule has 1 saturated heterocycles. The highest BCUT2D eigenvalue weighted by atomic mass is 19.4. The Labute approximate surface area is 209 Å². The molecule has 0 bridgehead atoms. The summed E-state index contributed by atoms with van der Waals surface area (Å²) in [5.41, 5.74) is -0.0612. The molecule has 9 heteroatoms. The van der Waals surface area contributed by atoms with Crippen molar-refractivity contribution in [3.05, 3.63) is 58.7 Å². The highest BCUT2D eigenvalue weighted by molar-refractivity contribution is 6.08. The van der Waals surface area contributed by atoms with Crippen molar-refractivity contribution in [2.75, 3.05) is 36.4 Å². The number of halogens is 3. The highest BCUT2D eigenvalue weighted by Gasteiger charge is 2.56. The van der Waals surface area contributed by atoms with Crippen LogP contribution in [0.15, 0.2) is 36.4 Å². The molecule has 1 fully saturated rings. The molecule has 1 aliphatic heterocycles. The van der Waals surface area contributed by atoms with Crippen molar-refractivity contribution < 1.29 is 22.8 Å². The second kappa shape index (κ2) is 10.3. The summed E-state index contributed by atoms with van der Waals surface area (Å²) in [4.78, 5) is 31.1. The fraction of sp³-hybridized carbons (Fsp3) is 0.444. The maximum Gasteiger partial charge on any atom is 0.416 e. The van der Waals surface area contributed by atoms with Crippen LogP contribution in [-0.4, -0.2) is 42.9 Å². The Hall–Kier alpha value is -3.38. The first-order valence-corrected chi connectivity index (χ1v) is 11.9. The quantitative estimate of drug-likeness (QED) is 0.571. The first kappa shape index (κ1) is 27.2. The topological polar surface area (TPSA) is 76.4 Å². The van der Waals surface area contributed by atoms with Crippen LogP contribution in [0.25, 0.3) is 0 Å². The van der Waals surface area contributed by atoms with Crippen LogP contribution in [0.3, 0.4) is 0 Å². The lowest BCUT2D eigenvalue weighted by Gasteiger charge is -2.35. The first-order valence-electron chi connectivity index (χ1n) is 11.9. The predicted octanol–water partition coefficient (Wildman–Crippen LogP) is 5.14. The third kappa shape index (κ3) is 5.09. The van der Waals surface area contributed by atoms with E-state index in [-0.39, 0.29) is 30.2 Å². The molecule has 0 spiro atoms. The van der Waals surface area contributed by atoms with Gasteiger partial charge < -0.3 is 15.1 Å². The van der Waals surface area contributed by atoms with Crippen LogP contribution >= 0.6 is 0 Å². The zero-order valence-corrected chi connectivity index (χ0v) is 21.2. The molecule has 2 atom stereocenters. The van der Waals surface area contributed by atoms with Gasteiger partial charge in [-0.2, -0.15) is 18.4 Å². The van der Waals surface area contributed by atoms with E-state index in [0.29, 0.717) is 13.1 Å². The minimum atomic E-state index is -4.68. The second-order valence-corrected chi connectivity index (χ2v) is 9.37. The van der Waals surface area contributed by atoms with Gasteiger partial charge in [-0.15, -0.1) is 0 Å². The van der Waals surface area contributed by atoms with Crippen LogP contribution in [0, 0.1) is 36.5 Å². The predicted molar refractivity (Wildman–Crippen MR) is 132 cm³/mol. The van der Waals surface area contributed by atoms with E-state index in [0.717, 1.165) is 28.9 Å². The molecule has 1 aliphatic rings. The highest BCUT2D eigenvalue weighted by Crippen LogP contribution is 2.43. The van der Waals surface area contributed by atoms with Crippen LogP contribution in [0.5, 0.6) is 0 Å². The smallest absolute Gasteiger partial charge is 0.325 e. The monoisotopic (exact) mass is 500 g/mol. The number of nitrogens with one attached hydrogen (secondary N) is 1. The Kier molecular flexibility index (Phi) is 7.79. The van der Waals surface area contributed by atoms with Crippen LogP contribution < -0.4 is 10.2 Å². The van der Waals surface area contributed by atoms with Gasteiger partial charge in [-0.25, -0.2) is 0 Å². The van der Waals surface area contributed by atoms with E-state index in [1.165, 1.54) is 6.07 Å². The average Bonchev–Trinajstić information content (AvgIpc) is 3.07. The third-order valence-corrected chi connectivity index (χ3v) is 7.11. The second-order valence-electron chi connectivity index (χ2n) is 9.37. The molecule has 0 aliphatic carbocycles. The number of anilines is 2. The third-order valence-electron chi connectivity index (χ3n) is 7.11. The number of alkyl halides is 3. The number of para-hydroxylation sites is 1. The summed E-state index contributed by atoms with van der Waals surface area (Å²) in [6.07, 6.45) is -4.68. The Morgan fingerprint density at radius 1 is 1.19 bits per heavy atom. The zero-order valence-electron chi connectivity index (χ0n) is 21.2. The molecule has 0 radical (unpaired) electrons. The summed E-state index contributed by atoms with van der Waals surface area (Å²) >= 11 is 0. The first-order chi connectivity index (χ1) is 16.9. The number of hydrogen-bond donors (Lipinski definition) is 1. The lowest BCUT2D eigenvalue weighted by atomic mass is 9.77. The van der Waals surface area contributed by atoms with E-state index in [2.05, 4.69) is 5.32 Å². The maximum absolute atomic E-state index is 13.9. The molecule has 1 heterocycles. The van der Waals surface area contributed by atoms with Gasteiger partial charge in [-0.05, 0) is 56.3 Å². The van der Waals surface area contributed by atoms with Gasteiger partial charge in [0.15, 0.2) is 0 Å². The van der Waals surface area contributed by atoms with E-state index in [4.69, 9.17) is 0 Å². The number of hydrogen-bond acceptors (Lipinski definition) is 4. The number of benzene rings is 2. The lowest BCUT2D eigenvalue weighted by molar-refractivity contribution is -0.137. The summed E-state index contributed by atoms with van der Waals surface area (Å²) in [7, 11) is 0. The molecule has 2 amide bonds. The summed E-state index contributed by atoms with van der Waals surface area (Å²) in [5, 5.41) is 11.9. The van der Waals surface area contributed by atoms with Crippen LogP contribution in [0.1, 0.15) is 43.0 Å². The summed E-state index contributed by atoms with van der Waals surface area (Å²) in [6.45, 7) is 11.0. The largest absolute Gasteiger partial charge is 0.416 e. The Bertz CT molecular complexity index is 1180. The van der Waals surface area contributed by atoms with Crippen molar-refractivity contribution in [1.29, 1.82) is 5.26 Å². The Morgan fingerprint density at radius 2 is 1.81 bits per heavy atom. The summed E-state index contributed by atoms with van der Waals surface area (Å²) in [5.74, 6) is -1.48. The van der Waals surface area contributed by atoms with E-state index in [1.807, 2.05) is 50.8 Å². The molecule has 3 rings (SSSR count). The van der Waals surface area contributed by atoms with Crippen LogP contribution in [-0.2, 0) is 15.8 Å². The van der Waals surface area contributed by atoms with Gasteiger partial charge in [0.05, 0.1) is 28.5 Å². The van der Waals surface area contributed by atoms with Gasteiger partial charge in [0.2, 0.25) is 11.8 Å². The molecule has 2 aromatic rings. The minimum absolute atomic E-state index is 0.0884. The van der Waals surface area contributed by atoms with Gasteiger partial charge in [0, 0.05) is 24.5 Å². The van der Waals surface area contributed by atoms with Gasteiger partial charge in [-0.1, -0.05) is 39.0 Å². The number of carbonyl (C=O) groups excluding carboxylic acids is 2. The molecule has 1 N–H and O–H groups in total. The fourth-order valence-corrected chi connectivity index (χ4v) is 4.94. The van der Waals surface area contributed by atoms with E-state index in [9.17, 15) is 28.0 Å². The number of nitriles is 1. The Morgan fingerprint density at radius 3 is 2.33 bits per heavy atom. The van der Waals surface area contributed by atoms with Crippen molar-refractivity contribution in [2.45, 2.75) is 40.8 Å². The van der Waals surface area contributed by atoms with Crippen molar-refractivity contribution in [2.24, 2.45) is 11.3 Å². The SMILES string of the molecule is CCN(CC)C[C@@]1(C(=O)Nc2cc(C#N)cc(C(F)(F)F)c2)CN(c2c(C)cccc2C)C(=O)[C@H]1C. The molecule has 2 aromatic carbocycles. The number of carbonyl (C=O) groups is 2. The molecular formula is C27H31F3N4O2. The molecular weight excluding hydrogens is 469 g/mol. The molecule has 0 saturated carbocycles. The zero-order chi connectivity index (χ0) is 26.8.